The lowest BCUT2D eigenvalue weighted by atomic mass is 9.95. The van der Waals surface area contributed by atoms with E-state index in [1.807, 2.05) is 48.2 Å². The van der Waals surface area contributed by atoms with Crippen molar-refractivity contribution in [2.45, 2.75) is 58.5 Å². The van der Waals surface area contributed by atoms with E-state index in [0.29, 0.717) is 26.1 Å². The van der Waals surface area contributed by atoms with Crippen molar-refractivity contribution in [3.8, 4) is 0 Å². The maximum absolute atomic E-state index is 13.1. The third-order valence-electron chi connectivity index (χ3n) is 7.89. The van der Waals surface area contributed by atoms with Crippen molar-refractivity contribution >= 4 is 28.4 Å². The molecule has 0 atom stereocenters. The minimum absolute atomic E-state index is 0.0447. The number of benzene rings is 3. The molecule has 0 bridgehead atoms. The van der Waals surface area contributed by atoms with Gasteiger partial charge < -0.3 is 14.8 Å². The number of fused-ring (bicyclic) bond motifs is 4. The van der Waals surface area contributed by atoms with Crippen molar-refractivity contribution in [1.29, 1.82) is 0 Å². The van der Waals surface area contributed by atoms with Crippen LogP contribution in [-0.4, -0.2) is 22.9 Å². The topological polar surface area (TPSA) is 54.3 Å². The van der Waals surface area contributed by atoms with E-state index in [2.05, 4.69) is 40.2 Å². The highest BCUT2D eigenvalue weighted by Crippen LogP contribution is 2.33. The zero-order chi connectivity index (χ0) is 25.4. The monoisotopic (exact) mass is 491 g/mol. The van der Waals surface area contributed by atoms with Gasteiger partial charge in [-0.25, -0.2) is 0 Å². The van der Waals surface area contributed by atoms with Gasteiger partial charge in [0.15, 0.2) is 0 Å². The summed E-state index contributed by atoms with van der Waals surface area (Å²) >= 11 is 0. The summed E-state index contributed by atoms with van der Waals surface area (Å²) in [5, 5.41) is 4.47. The minimum atomic E-state index is 0.0447. The molecule has 0 fully saturated rings. The zero-order valence-corrected chi connectivity index (χ0v) is 21.4. The highest BCUT2D eigenvalue weighted by atomic mass is 16.2. The Kier molecular flexibility index (Phi) is 6.29. The Labute approximate surface area is 218 Å². The van der Waals surface area contributed by atoms with Crippen LogP contribution in [0.1, 0.15) is 57.6 Å². The highest BCUT2D eigenvalue weighted by molar-refractivity contribution is 6.07. The van der Waals surface area contributed by atoms with Crippen molar-refractivity contribution in [3.05, 3.63) is 100 Å². The summed E-state index contributed by atoms with van der Waals surface area (Å²) in [7, 11) is 0. The van der Waals surface area contributed by atoms with Gasteiger partial charge in [-0.15, -0.1) is 0 Å². The number of aromatic nitrogens is 1. The second kappa shape index (κ2) is 9.89. The van der Waals surface area contributed by atoms with Crippen molar-refractivity contribution in [2.24, 2.45) is 0 Å². The lowest BCUT2D eigenvalue weighted by molar-refractivity contribution is -0.121. The first-order chi connectivity index (χ1) is 18.1. The molecule has 37 heavy (non-hydrogen) atoms. The van der Waals surface area contributed by atoms with Crippen LogP contribution in [0.15, 0.2) is 66.7 Å². The van der Waals surface area contributed by atoms with E-state index >= 15 is 0 Å². The highest BCUT2D eigenvalue weighted by Gasteiger charge is 2.26. The zero-order valence-electron chi connectivity index (χ0n) is 21.4. The maximum atomic E-state index is 13.1. The first-order valence-electron chi connectivity index (χ1n) is 13.4. The first kappa shape index (κ1) is 23.5. The van der Waals surface area contributed by atoms with Crippen LogP contribution in [0.25, 0.3) is 10.9 Å². The summed E-state index contributed by atoms with van der Waals surface area (Å²) < 4.78 is 2.37. The molecule has 6 rings (SSSR count). The maximum Gasteiger partial charge on any atom is 0.258 e. The molecule has 2 amide bonds. The molecule has 4 aromatic rings. The fraction of sp³-hybridized carbons (Fsp3) is 0.312. The molecule has 3 aromatic carbocycles. The van der Waals surface area contributed by atoms with Crippen molar-refractivity contribution in [1.82, 2.24) is 9.88 Å². The normalized spacial score (nSPS) is 14.5. The van der Waals surface area contributed by atoms with Crippen LogP contribution in [0.5, 0.6) is 0 Å². The molecule has 0 radical (unpaired) electrons. The summed E-state index contributed by atoms with van der Waals surface area (Å²) in [5.74, 6) is 0.113. The first-order valence-corrected chi connectivity index (χ1v) is 13.4. The van der Waals surface area contributed by atoms with Gasteiger partial charge in [0.05, 0.1) is 0 Å². The van der Waals surface area contributed by atoms with Crippen LogP contribution in [0.3, 0.4) is 0 Å². The summed E-state index contributed by atoms with van der Waals surface area (Å²) in [6, 6.07) is 22.5. The van der Waals surface area contributed by atoms with Gasteiger partial charge in [0, 0.05) is 53.9 Å². The fourth-order valence-corrected chi connectivity index (χ4v) is 6.05. The second-order valence-electron chi connectivity index (χ2n) is 10.4. The summed E-state index contributed by atoms with van der Waals surface area (Å²) in [6.45, 7) is 3.90. The number of nitrogens with zero attached hydrogens (tertiary/aromatic N) is 2. The number of carbonyl (C=O) groups excluding carboxylic acids is 2. The molecule has 1 N–H and O–H groups in total. The molecule has 2 aliphatic rings. The molecule has 188 valence electrons. The lowest BCUT2D eigenvalue weighted by Crippen LogP contribution is -2.28. The van der Waals surface area contributed by atoms with Gasteiger partial charge in [-0.2, -0.15) is 0 Å². The largest absolute Gasteiger partial charge is 0.352 e. The van der Waals surface area contributed by atoms with Gasteiger partial charge in [-0.1, -0.05) is 48.0 Å². The molecule has 1 aromatic heterocycles. The van der Waals surface area contributed by atoms with E-state index in [9.17, 15) is 9.59 Å². The third-order valence-corrected chi connectivity index (χ3v) is 7.89. The Morgan fingerprint density at radius 2 is 1.78 bits per heavy atom. The molecule has 0 saturated carbocycles. The third kappa shape index (κ3) is 4.55. The van der Waals surface area contributed by atoms with Crippen LogP contribution in [-0.2, 0) is 37.1 Å². The Morgan fingerprint density at radius 1 is 0.919 bits per heavy atom. The second-order valence-corrected chi connectivity index (χ2v) is 10.4. The van der Waals surface area contributed by atoms with Crippen LogP contribution in [0.4, 0.5) is 5.69 Å². The Bertz CT molecular complexity index is 1500. The van der Waals surface area contributed by atoms with E-state index in [-0.39, 0.29) is 11.8 Å². The fourth-order valence-electron chi connectivity index (χ4n) is 6.05. The predicted molar refractivity (Wildman–Crippen MR) is 148 cm³/mol. The molecular weight excluding hydrogens is 458 g/mol. The number of aryl methyl sites for hydroxylation is 3. The molecule has 2 heterocycles. The molecule has 1 aliphatic carbocycles. The standard InChI is InChI=1S/C32H33N3O2/c1-22-7-6-8-25(19-22)32(37)35-17-15-24-20-23(13-14-28(24)35)21-33-31(36)16-18-34-29-11-4-2-9-26(29)27-10-3-5-12-30(27)34/h2,4,6-9,11,13-14,19-20H,3,5,10,12,15-18,21H2,1H3,(H,33,36). The van der Waals surface area contributed by atoms with Crippen molar-refractivity contribution < 1.29 is 9.59 Å². The van der Waals surface area contributed by atoms with Gasteiger partial charge in [-0.3, -0.25) is 9.59 Å². The number of hydrogen-bond donors (Lipinski definition) is 1. The van der Waals surface area contributed by atoms with E-state index in [4.69, 9.17) is 0 Å². The quantitative estimate of drug-likeness (QED) is 0.374. The van der Waals surface area contributed by atoms with Gasteiger partial charge >= 0.3 is 0 Å². The average molecular weight is 492 g/mol. The molecule has 0 unspecified atom stereocenters. The van der Waals surface area contributed by atoms with E-state index in [1.54, 1.807) is 0 Å². The number of hydrogen-bond acceptors (Lipinski definition) is 2. The Balaban J connectivity index is 1.09. The number of nitrogens with one attached hydrogen (secondary N) is 1. The Morgan fingerprint density at radius 3 is 2.68 bits per heavy atom. The molecule has 0 saturated heterocycles. The predicted octanol–water partition coefficient (Wildman–Crippen LogP) is 5.74. The summed E-state index contributed by atoms with van der Waals surface area (Å²) in [4.78, 5) is 27.7. The van der Waals surface area contributed by atoms with E-state index in [1.165, 1.54) is 35.0 Å². The summed E-state index contributed by atoms with van der Waals surface area (Å²) in [6.07, 6.45) is 6.02. The van der Waals surface area contributed by atoms with E-state index < -0.39 is 0 Å². The summed E-state index contributed by atoms with van der Waals surface area (Å²) in [5.41, 5.74) is 9.18. The van der Waals surface area contributed by atoms with Gasteiger partial charge in [-0.05, 0) is 80.0 Å². The molecule has 1 aliphatic heterocycles. The molecule has 0 spiro atoms. The minimum Gasteiger partial charge on any atom is -0.352 e. The van der Waals surface area contributed by atoms with E-state index in [0.717, 1.165) is 47.2 Å². The van der Waals surface area contributed by atoms with Crippen LogP contribution < -0.4 is 10.2 Å². The number of anilines is 1. The number of amides is 2. The van der Waals surface area contributed by atoms with Gasteiger partial charge in [0.25, 0.3) is 5.91 Å². The average Bonchev–Trinajstić information content (AvgIpc) is 3.49. The van der Waals surface area contributed by atoms with Crippen molar-refractivity contribution in [2.75, 3.05) is 11.4 Å². The smallest absolute Gasteiger partial charge is 0.258 e. The SMILES string of the molecule is Cc1cccc(C(=O)N2CCc3cc(CNC(=O)CCn4c5c(c6ccccc64)CCCC5)ccc32)c1. The number of rotatable bonds is 6. The number of carbonyl (C=O) groups is 2. The Hall–Kier alpha value is -3.86. The molecule has 5 heteroatoms. The molecule has 5 nitrogen and oxygen atoms in total. The van der Waals surface area contributed by atoms with Crippen LogP contribution in [0.2, 0.25) is 0 Å². The lowest BCUT2D eigenvalue weighted by Gasteiger charge is -2.18. The van der Waals surface area contributed by atoms with Crippen LogP contribution >= 0.6 is 0 Å². The van der Waals surface area contributed by atoms with Gasteiger partial charge in [0.2, 0.25) is 5.91 Å². The van der Waals surface area contributed by atoms with Gasteiger partial charge in [0.1, 0.15) is 0 Å². The number of para-hydroxylation sites is 1. The van der Waals surface area contributed by atoms with Crippen LogP contribution in [0, 0.1) is 6.92 Å². The van der Waals surface area contributed by atoms with Crippen molar-refractivity contribution in [3.63, 3.8) is 0 Å². The molecular formula is C32H33N3O2.